The molecule has 0 aliphatic heterocycles. The van der Waals surface area contributed by atoms with E-state index in [-0.39, 0.29) is 0 Å². The summed E-state index contributed by atoms with van der Waals surface area (Å²) in [5.74, 6) is -0.391. The van der Waals surface area contributed by atoms with Crippen molar-refractivity contribution >= 4 is 5.97 Å². The Morgan fingerprint density at radius 3 is 2.68 bits per heavy atom. The lowest BCUT2D eigenvalue weighted by atomic mass is 10.1. The van der Waals surface area contributed by atoms with Crippen LogP contribution in [0.3, 0.4) is 0 Å². The lowest BCUT2D eigenvalue weighted by molar-refractivity contribution is 0.0513. The lowest BCUT2D eigenvalue weighted by Gasteiger charge is -1.99. The minimum Gasteiger partial charge on any atom is -0.461 e. The number of nitrogens with zero attached hydrogens (tertiary/aromatic N) is 3. The van der Waals surface area contributed by atoms with Crippen molar-refractivity contribution in [3.05, 3.63) is 41.6 Å². The molecule has 0 saturated heterocycles. The Morgan fingerprint density at radius 1 is 1.42 bits per heavy atom. The third kappa shape index (κ3) is 2.63. The zero-order valence-corrected chi connectivity index (χ0v) is 10.8. The summed E-state index contributed by atoms with van der Waals surface area (Å²) in [6.07, 6.45) is 0. The van der Waals surface area contributed by atoms with Crippen LogP contribution in [0.5, 0.6) is 0 Å². The fourth-order valence-corrected chi connectivity index (χ4v) is 1.72. The van der Waals surface area contributed by atoms with Crippen LogP contribution in [-0.4, -0.2) is 22.4 Å². The molecule has 2 rings (SSSR count). The van der Waals surface area contributed by atoms with Crippen molar-refractivity contribution < 1.29 is 9.53 Å². The molecule has 5 nitrogen and oxygen atoms in total. The number of esters is 1. The summed E-state index contributed by atoms with van der Waals surface area (Å²) >= 11 is 0. The molecule has 0 bridgehead atoms. The van der Waals surface area contributed by atoms with Crippen molar-refractivity contribution in [1.82, 2.24) is 9.78 Å². The van der Waals surface area contributed by atoms with Crippen LogP contribution in [0.25, 0.3) is 11.3 Å². The number of aryl methyl sites for hydroxylation is 1. The fraction of sp³-hybridized carbons (Fsp3) is 0.214. The highest BCUT2D eigenvalue weighted by atomic mass is 16.5. The Balaban J connectivity index is 2.33. The van der Waals surface area contributed by atoms with Gasteiger partial charge in [0.2, 0.25) is 0 Å². The van der Waals surface area contributed by atoms with Gasteiger partial charge >= 0.3 is 5.97 Å². The first-order valence-electron chi connectivity index (χ1n) is 5.87. The van der Waals surface area contributed by atoms with Crippen molar-refractivity contribution in [2.45, 2.75) is 6.92 Å². The summed E-state index contributed by atoms with van der Waals surface area (Å²) in [5, 5.41) is 13.0. The van der Waals surface area contributed by atoms with Crippen LogP contribution in [0.15, 0.2) is 30.3 Å². The van der Waals surface area contributed by atoms with E-state index in [1.54, 1.807) is 44.3 Å². The molecule has 0 N–H and O–H groups in total. The van der Waals surface area contributed by atoms with Gasteiger partial charge < -0.3 is 4.74 Å². The van der Waals surface area contributed by atoms with Gasteiger partial charge in [-0.1, -0.05) is 12.1 Å². The average Bonchev–Trinajstić information content (AvgIpc) is 2.81. The molecule has 1 aromatic carbocycles. The number of benzene rings is 1. The molecule has 1 heterocycles. The highest BCUT2D eigenvalue weighted by Crippen LogP contribution is 2.19. The van der Waals surface area contributed by atoms with Gasteiger partial charge in [0.15, 0.2) is 0 Å². The number of aromatic nitrogens is 2. The molecular formula is C14H13N3O2. The topological polar surface area (TPSA) is 67.9 Å². The van der Waals surface area contributed by atoms with Gasteiger partial charge in [-0.2, -0.15) is 10.4 Å². The molecule has 0 saturated carbocycles. The number of ether oxygens (including phenoxy) is 1. The van der Waals surface area contributed by atoms with E-state index in [0.29, 0.717) is 23.6 Å². The van der Waals surface area contributed by atoms with E-state index >= 15 is 0 Å². The molecule has 0 aliphatic carbocycles. The Hall–Kier alpha value is -2.61. The Morgan fingerprint density at radius 2 is 2.11 bits per heavy atom. The van der Waals surface area contributed by atoms with E-state index < -0.39 is 5.97 Å². The lowest BCUT2D eigenvalue weighted by Crippen LogP contribution is -2.10. The van der Waals surface area contributed by atoms with Crippen molar-refractivity contribution in [1.29, 1.82) is 5.26 Å². The second-order valence-corrected chi connectivity index (χ2v) is 3.95. The van der Waals surface area contributed by atoms with Crippen molar-refractivity contribution in [3.63, 3.8) is 0 Å². The smallest absolute Gasteiger partial charge is 0.356 e. The molecule has 1 aromatic heterocycles. The minimum absolute atomic E-state index is 0.330. The van der Waals surface area contributed by atoms with Crippen LogP contribution in [0, 0.1) is 11.3 Å². The predicted molar refractivity (Wildman–Crippen MR) is 69.3 cm³/mol. The molecule has 0 unspecified atom stereocenters. The fourth-order valence-electron chi connectivity index (χ4n) is 1.72. The maximum Gasteiger partial charge on any atom is 0.356 e. The van der Waals surface area contributed by atoms with Gasteiger partial charge in [-0.15, -0.1) is 0 Å². The van der Waals surface area contributed by atoms with Crippen LogP contribution in [0.2, 0.25) is 0 Å². The first-order valence-corrected chi connectivity index (χ1v) is 5.87. The monoisotopic (exact) mass is 255 g/mol. The summed E-state index contributed by atoms with van der Waals surface area (Å²) in [6.45, 7) is 2.09. The Kier molecular flexibility index (Phi) is 3.62. The SMILES string of the molecule is CCOC(=O)c1cc(-c2ccc(C#N)cc2)nn1C. The Bertz CT molecular complexity index is 636. The molecule has 0 spiro atoms. The van der Waals surface area contributed by atoms with Crippen molar-refractivity contribution in [3.8, 4) is 17.3 Å². The molecule has 0 radical (unpaired) electrons. The van der Waals surface area contributed by atoms with E-state index in [4.69, 9.17) is 10.00 Å². The van der Waals surface area contributed by atoms with Crippen molar-refractivity contribution in [2.24, 2.45) is 7.05 Å². The summed E-state index contributed by atoms with van der Waals surface area (Å²) < 4.78 is 6.44. The average molecular weight is 255 g/mol. The maximum atomic E-state index is 11.7. The molecule has 0 fully saturated rings. The number of carbonyl (C=O) groups is 1. The van der Waals surface area contributed by atoms with Gasteiger partial charge in [0.05, 0.1) is 23.9 Å². The van der Waals surface area contributed by atoms with Crippen LogP contribution < -0.4 is 0 Å². The van der Waals surface area contributed by atoms with Gasteiger partial charge in [-0.25, -0.2) is 4.79 Å². The molecular weight excluding hydrogens is 242 g/mol. The summed E-state index contributed by atoms with van der Waals surface area (Å²) in [5.41, 5.74) is 2.52. The number of hydrogen-bond donors (Lipinski definition) is 0. The summed E-state index contributed by atoms with van der Waals surface area (Å²) in [4.78, 5) is 11.7. The van der Waals surface area contributed by atoms with Gasteiger partial charge in [-0.05, 0) is 25.1 Å². The minimum atomic E-state index is -0.391. The molecule has 5 heteroatoms. The van der Waals surface area contributed by atoms with Crippen LogP contribution in [0.4, 0.5) is 0 Å². The predicted octanol–water partition coefficient (Wildman–Crippen LogP) is 2.14. The number of carbonyl (C=O) groups excluding carboxylic acids is 1. The molecule has 0 atom stereocenters. The zero-order valence-electron chi connectivity index (χ0n) is 10.8. The molecule has 0 amide bonds. The molecule has 96 valence electrons. The normalized spacial score (nSPS) is 9.95. The highest BCUT2D eigenvalue weighted by Gasteiger charge is 2.14. The number of hydrogen-bond acceptors (Lipinski definition) is 4. The van der Waals surface area contributed by atoms with Crippen LogP contribution >= 0.6 is 0 Å². The van der Waals surface area contributed by atoms with Gasteiger partial charge in [0.1, 0.15) is 5.69 Å². The zero-order chi connectivity index (χ0) is 13.8. The standard InChI is InChI=1S/C14H13N3O2/c1-3-19-14(18)13-8-12(16-17(13)2)11-6-4-10(9-15)5-7-11/h4-8H,3H2,1-2H3. The maximum absolute atomic E-state index is 11.7. The first-order chi connectivity index (χ1) is 9.15. The number of rotatable bonds is 3. The Labute approximate surface area is 111 Å². The van der Waals surface area contributed by atoms with E-state index in [1.807, 2.05) is 0 Å². The van der Waals surface area contributed by atoms with E-state index in [2.05, 4.69) is 11.2 Å². The highest BCUT2D eigenvalue weighted by molar-refractivity contribution is 5.89. The largest absolute Gasteiger partial charge is 0.461 e. The van der Waals surface area contributed by atoms with Gasteiger partial charge in [0.25, 0.3) is 0 Å². The molecule has 0 aliphatic rings. The van der Waals surface area contributed by atoms with Crippen LogP contribution in [0.1, 0.15) is 23.0 Å². The summed E-state index contributed by atoms with van der Waals surface area (Å²) in [6, 6.07) is 10.8. The van der Waals surface area contributed by atoms with E-state index in [0.717, 1.165) is 5.56 Å². The van der Waals surface area contributed by atoms with Crippen molar-refractivity contribution in [2.75, 3.05) is 6.61 Å². The van der Waals surface area contributed by atoms with E-state index in [9.17, 15) is 4.79 Å². The third-order valence-electron chi connectivity index (χ3n) is 2.67. The van der Waals surface area contributed by atoms with Gasteiger partial charge in [0, 0.05) is 12.6 Å². The van der Waals surface area contributed by atoms with Gasteiger partial charge in [-0.3, -0.25) is 4.68 Å². The summed E-state index contributed by atoms with van der Waals surface area (Å²) in [7, 11) is 1.69. The van der Waals surface area contributed by atoms with Crippen LogP contribution in [-0.2, 0) is 11.8 Å². The van der Waals surface area contributed by atoms with E-state index in [1.165, 1.54) is 4.68 Å². The molecule has 19 heavy (non-hydrogen) atoms. The second kappa shape index (κ2) is 5.36. The number of nitriles is 1. The second-order valence-electron chi connectivity index (χ2n) is 3.95. The molecule has 2 aromatic rings. The quantitative estimate of drug-likeness (QED) is 0.788. The third-order valence-corrected chi connectivity index (χ3v) is 2.67. The first kappa shape index (κ1) is 12.8.